The largest absolute Gasteiger partial charge is 0.481 e. The smallest absolute Gasteiger partial charge is 0.303 e. The molecule has 2 aliphatic heterocycles. The summed E-state index contributed by atoms with van der Waals surface area (Å²) in [7, 11) is 0. The monoisotopic (exact) mass is 550 g/mol. The molecule has 224 valence electrons. The van der Waals surface area contributed by atoms with Gasteiger partial charge >= 0.3 is 5.97 Å². The van der Waals surface area contributed by atoms with Crippen molar-refractivity contribution >= 4 is 5.97 Å². The first kappa shape index (κ1) is 32.3. The summed E-state index contributed by atoms with van der Waals surface area (Å²) < 4.78 is 24.8. The van der Waals surface area contributed by atoms with E-state index in [1.54, 1.807) is 0 Å². The van der Waals surface area contributed by atoms with Gasteiger partial charge in [-0.2, -0.15) is 0 Å². The van der Waals surface area contributed by atoms with Gasteiger partial charge in [-0.1, -0.05) is 57.4 Å². The molecule has 0 bridgehead atoms. The van der Waals surface area contributed by atoms with Crippen LogP contribution in [0.15, 0.2) is 24.3 Å². The molecular weight excluding hydrogens is 496 g/mol. The fourth-order valence-corrected chi connectivity index (χ4v) is 6.10. The number of rotatable bonds is 17. The number of allylic oxidation sites excluding steroid dienone is 2. The Labute approximate surface area is 236 Å². The molecule has 3 aliphatic rings. The average molecular weight is 551 g/mol. The highest BCUT2D eigenvalue weighted by molar-refractivity contribution is 5.66. The van der Waals surface area contributed by atoms with Crippen molar-refractivity contribution in [3.63, 3.8) is 0 Å². The van der Waals surface area contributed by atoms with E-state index in [2.05, 4.69) is 38.2 Å². The van der Waals surface area contributed by atoms with Crippen LogP contribution in [0.25, 0.3) is 0 Å². The first-order chi connectivity index (χ1) is 19.0. The van der Waals surface area contributed by atoms with Crippen LogP contribution < -0.4 is 0 Å². The quantitative estimate of drug-likeness (QED) is 0.152. The van der Waals surface area contributed by atoms with E-state index in [0.29, 0.717) is 18.8 Å². The van der Waals surface area contributed by atoms with Gasteiger partial charge in [0, 0.05) is 32.0 Å². The normalized spacial score (nSPS) is 31.7. The lowest BCUT2D eigenvalue weighted by Crippen LogP contribution is -2.31. The molecule has 7 nitrogen and oxygen atoms in total. The Morgan fingerprint density at radius 2 is 1.79 bits per heavy atom. The molecule has 0 radical (unpaired) electrons. The van der Waals surface area contributed by atoms with Crippen molar-refractivity contribution in [2.24, 2.45) is 17.8 Å². The third kappa shape index (κ3) is 12.0. The molecule has 2 N–H and O–H groups in total. The standard InChI is InChI=1S/C32H54O7/c1-3-4-13-24(2)22-25(38-31-16-9-11-20-36-31)18-19-27-26(14-7-5-6-8-15-30(34)35)28(33)23-29(27)39-32-17-10-12-21-37-32/h5,7,18-19,24-29,31-33H,3-4,6,8-17,20-23H2,1-2H3,(H,34,35)/b7-5-,19-18+/t24-,25-,26+,27+,28-,29+,31?,32?/m0/s1. The Bertz CT molecular complexity index is 726. The number of carboxylic acids is 1. The molecule has 1 aliphatic carbocycles. The van der Waals surface area contributed by atoms with E-state index in [4.69, 9.17) is 24.1 Å². The van der Waals surface area contributed by atoms with Gasteiger partial charge in [-0.25, -0.2) is 0 Å². The number of hydrogen-bond acceptors (Lipinski definition) is 6. The molecule has 3 fully saturated rings. The van der Waals surface area contributed by atoms with Crippen molar-refractivity contribution < 1.29 is 34.0 Å². The Kier molecular flexibility index (Phi) is 15.1. The fraction of sp³-hybridized carbons (Fsp3) is 0.844. The highest BCUT2D eigenvalue weighted by Gasteiger charge is 2.42. The lowest BCUT2D eigenvalue weighted by Gasteiger charge is -2.30. The number of hydrogen-bond donors (Lipinski definition) is 2. The van der Waals surface area contributed by atoms with Gasteiger partial charge in [-0.05, 0) is 76.0 Å². The zero-order valence-corrected chi connectivity index (χ0v) is 24.4. The van der Waals surface area contributed by atoms with E-state index in [-0.39, 0.29) is 43.0 Å². The molecule has 7 heteroatoms. The van der Waals surface area contributed by atoms with E-state index >= 15 is 0 Å². The molecule has 0 aromatic carbocycles. The molecule has 1 saturated carbocycles. The molecule has 8 atom stereocenters. The van der Waals surface area contributed by atoms with E-state index in [0.717, 1.165) is 71.0 Å². The highest BCUT2D eigenvalue weighted by atomic mass is 16.7. The van der Waals surface area contributed by atoms with Crippen molar-refractivity contribution in [2.45, 2.75) is 141 Å². The maximum Gasteiger partial charge on any atom is 0.303 e. The van der Waals surface area contributed by atoms with E-state index < -0.39 is 12.1 Å². The number of carbonyl (C=O) groups is 1. The van der Waals surface area contributed by atoms with E-state index in [9.17, 15) is 9.90 Å². The number of ether oxygens (including phenoxy) is 4. The summed E-state index contributed by atoms with van der Waals surface area (Å²) >= 11 is 0. The van der Waals surface area contributed by atoms with Crippen molar-refractivity contribution in [1.29, 1.82) is 0 Å². The van der Waals surface area contributed by atoms with Crippen molar-refractivity contribution in [2.75, 3.05) is 13.2 Å². The van der Waals surface area contributed by atoms with Gasteiger partial charge in [0.05, 0.1) is 18.3 Å². The maximum atomic E-state index is 11.1. The Balaban J connectivity index is 1.70. The summed E-state index contributed by atoms with van der Waals surface area (Å²) in [6.07, 6.45) is 21.4. The number of aliphatic carboxylic acids is 1. The molecule has 2 saturated heterocycles. The van der Waals surface area contributed by atoms with Crippen LogP contribution in [0.5, 0.6) is 0 Å². The number of aliphatic hydroxyl groups excluding tert-OH is 1. The van der Waals surface area contributed by atoms with E-state index in [1.165, 1.54) is 19.3 Å². The summed E-state index contributed by atoms with van der Waals surface area (Å²) in [4.78, 5) is 10.8. The summed E-state index contributed by atoms with van der Waals surface area (Å²) in [6.45, 7) is 6.04. The Morgan fingerprint density at radius 3 is 2.46 bits per heavy atom. The number of carboxylic acid groups (broad SMARTS) is 1. The van der Waals surface area contributed by atoms with Crippen LogP contribution in [0.4, 0.5) is 0 Å². The Hall–Kier alpha value is -1.25. The van der Waals surface area contributed by atoms with Crippen LogP contribution in [0.3, 0.4) is 0 Å². The van der Waals surface area contributed by atoms with Gasteiger partial charge in [-0.3, -0.25) is 4.79 Å². The zero-order chi connectivity index (χ0) is 27.9. The third-order valence-electron chi connectivity index (χ3n) is 8.39. The molecule has 3 rings (SSSR count). The SMILES string of the molecule is CCCC[C@H](C)C[C@H](/C=C/[C@@H]1[C@@H](C/C=C\CCCC(=O)O)[C@@H](O)C[C@H]1OC1CCCCO1)OC1CCCCO1. The molecule has 2 heterocycles. The van der Waals surface area contributed by atoms with Gasteiger partial charge in [0.1, 0.15) is 0 Å². The topological polar surface area (TPSA) is 94.5 Å². The van der Waals surface area contributed by atoms with Crippen molar-refractivity contribution in [3.8, 4) is 0 Å². The van der Waals surface area contributed by atoms with Gasteiger partial charge < -0.3 is 29.2 Å². The molecule has 0 aromatic rings. The summed E-state index contributed by atoms with van der Waals surface area (Å²) in [5.74, 6) is -0.109. The van der Waals surface area contributed by atoms with Crippen LogP contribution in [0.1, 0.15) is 110 Å². The highest BCUT2D eigenvalue weighted by Crippen LogP contribution is 2.40. The lowest BCUT2D eigenvalue weighted by molar-refractivity contribution is -0.193. The van der Waals surface area contributed by atoms with Crippen LogP contribution in [0, 0.1) is 17.8 Å². The molecule has 39 heavy (non-hydrogen) atoms. The predicted octanol–water partition coefficient (Wildman–Crippen LogP) is 6.78. The molecule has 2 unspecified atom stereocenters. The van der Waals surface area contributed by atoms with Crippen LogP contribution >= 0.6 is 0 Å². The summed E-state index contributed by atoms with van der Waals surface area (Å²) in [6, 6.07) is 0. The number of aliphatic hydroxyl groups is 1. The third-order valence-corrected chi connectivity index (χ3v) is 8.39. The number of unbranched alkanes of at least 4 members (excludes halogenated alkanes) is 2. The minimum atomic E-state index is -0.760. The lowest BCUT2D eigenvalue weighted by atomic mass is 9.89. The first-order valence-electron chi connectivity index (χ1n) is 15.7. The summed E-state index contributed by atoms with van der Waals surface area (Å²) in [5.41, 5.74) is 0. The molecule has 0 amide bonds. The van der Waals surface area contributed by atoms with Gasteiger partial charge in [0.2, 0.25) is 0 Å². The van der Waals surface area contributed by atoms with Crippen LogP contribution in [-0.2, 0) is 23.7 Å². The average Bonchev–Trinajstić information content (AvgIpc) is 3.22. The van der Waals surface area contributed by atoms with Gasteiger partial charge in [0.25, 0.3) is 0 Å². The van der Waals surface area contributed by atoms with Crippen molar-refractivity contribution in [3.05, 3.63) is 24.3 Å². The maximum absolute atomic E-state index is 11.1. The molecule has 0 aromatic heterocycles. The van der Waals surface area contributed by atoms with Gasteiger partial charge in [0.15, 0.2) is 12.6 Å². The van der Waals surface area contributed by atoms with E-state index in [1.807, 2.05) is 0 Å². The minimum Gasteiger partial charge on any atom is -0.481 e. The van der Waals surface area contributed by atoms with Gasteiger partial charge in [-0.15, -0.1) is 0 Å². The fourth-order valence-electron chi connectivity index (χ4n) is 6.10. The second kappa shape index (κ2) is 18.2. The second-order valence-corrected chi connectivity index (χ2v) is 11.8. The Morgan fingerprint density at radius 1 is 1.05 bits per heavy atom. The zero-order valence-electron chi connectivity index (χ0n) is 24.4. The van der Waals surface area contributed by atoms with Crippen molar-refractivity contribution in [1.82, 2.24) is 0 Å². The molecular formula is C32H54O7. The van der Waals surface area contributed by atoms with Crippen LogP contribution in [-0.4, -0.2) is 60.3 Å². The second-order valence-electron chi connectivity index (χ2n) is 11.8. The van der Waals surface area contributed by atoms with Crippen LogP contribution in [0.2, 0.25) is 0 Å². The first-order valence-corrected chi connectivity index (χ1v) is 15.7. The summed E-state index contributed by atoms with van der Waals surface area (Å²) in [5, 5.41) is 20.0. The predicted molar refractivity (Wildman–Crippen MR) is 152 cm³/mol. The molecule has 0 spiro atoms. The minimum absolute atomic E-state index is 0.0310.